The second kappa shape index (κ2) is 3.42. The summed E-state index contributed by atoms with van der Waals surface area (Å²) in [7, 11) is 0. The minimum Gasteiger partial charge on any atom is -0.391 e. The molecule has 1 aromatic heterocycles. The molecule has 1 fully saturated rings. The number of rotatable bonds is 1. The number of hydrogen-bond donors (Lipinski definition) is 1. The topological polar surface area (TPSA) is 66.6 Å². The standard InChI is InChI=1S/C9H12N2O3/c1-6-4-8(14-10-6)9(13)11-3-2-7(12)5-11/h4,7,12H,2-3,5H2,1H3/t7-/m0/s1. The highest BCUT2D eigenvalue weighted by Crippen LogP contribution is 2.13. The van der Waals surface area contributed by atoms with Crippen molar-refractivity contribution in [2.24, 2.45) is 0 Å². The molecule has 1 atom stereocenters. The van der Waals surface area contributed by atoms with Gasteiger partial charge in [0, 0.05) is 19.2 Å². The van der Waals surface area contributed by atoms with Crippen LogP contribution < -0.4 is 0 Å². The zero-order valence-corrected chi connectivity index (χ0v) is 7.93. The fourth-order valence-electron chi connectivity index (χ4n) is 1.55. The van der Waals surface area contributed by atoms with Gasteiger partial charge in [0.1, 0.15) is 0 Å². The summed E-state index contributed by atoms with van der Waals surface area (Å²) in [5, 5.41) is 12.9. The fraction of sp³-hybridized carbons (Fsp3) is 0.556. The van der Waals surface area contributed by atoms with Crippen molar-refractivity contribution in [3.63, 3.8) is 0 Å². The van der Waals surface area contributed by atoms with Crippen LogP contribution in [0.1, 0.15) is 22.7 Å². The van der Waals surface area contributed by atoms with Crippen molar-refractivity contribution in [3.05, 3.63) is 17.5 Å². The van der Waals surface area contributed by atoms with E-state index in [1.54, 1.807) is 17.9 Å². The molecule has 0 spiro atoms. The SMILES string of the molecule is Cc1cc(C(=O)N2CC[C@H](O)C2)on1. The number of likely N-dealkylation sites (tertiary alicyclic amines) is 1. The first kappa shape index (κ1) is 9.21. The van der Waals surface area contributed by atoms with Gasteiger partial charge in [-0.1, -0.05) is 5.16 Å². The maximum Gasteiger partial charge on any atom is 0.292 e. The van der Waals surface area contributed by atoms with Crippen LogP contribution in [-0.4, -0.2) is 40.3 Å². The van der Waals surface area contributed by atoms with Crippen LogP contribution in [0.25, 0.3) is 0 Å². The van der Waals surface area contributed by atoms with Gasteiger partial charge in [-0.15, -0.1) is 0 Å². The van der Waals surface area contributed by atoms with Crippen molar-refractivity contribution in [1.82, 2.24) is 10.1 Å². The Morgan fingerprint density at radius 3 is 3.07 bits per heavy atom. The summed E-state index contributed by atoms with van der Waals surface area (Å²) < 4.78 is 4.85. The van der Waals surface area contributed by atoms with E-state index in [0.717, 1.165) is 0 Å². The van der Waals surface area contributed by atoms with Crippen LogP contribution in [-0.2, 0) is 0 Å². The number of hydrogen-bond acceptors (Lipinski definition) is 4. The maximum absolute atomic E-state index is 11.7. The Labute approximate surface area is 81.3 Å². The van der Waals surface area contributed by atoms with E-state index in [1.165, 1.54) is 0 Å². The number of carbonyl (C=O) groups is 1. The minimum atomic E-state index is -0.400. The summed E-state index contributed by atoms with van der Waals surface area (Å²) in [6.07, 6.45) is 0.238. The van der Waals surface area contributed by atoms with Gasteiger partial charge in [0.05, 0.1) is 11.8 Å². The number of amides is 1. The normalized spacial score (nSPS) is 21.6. The lowest BCUT2D eigenvalue weighted by molar-refractivity contribution is 0.0724. The summed E-state index contributed by atoms with van der Waals surface area (Å²) >= 11 is 0. The van der Waals surface area contributed by atoms with Crippen molar-refractivity contribution < 1.29 is 14.4 Å². The van der Waals surface area contributed by atoms with Crippen LogP contribution in [0.4, 0.5) is 0 Å². The lowest BCUT2D eigenvalue weighted by Crippen LogP contribution is -2.29. The maximum atomic E-state index is 11.7. The van der Waals surface area contributed by atoms with Crippen LogP contribution >= 0.6 is 0 Å². The molecule has 5 heteroatoms. The van der Waals surface area contributed by atoms with Gasteiger partial charge in [-0.05, 0) is 13.3 Å². The van der Waals surface area contributed by atoms with Gasteiger partial charge in [0.2, 0.25) is 5.76 Å². The number of carbonyl (C=O) groups excluding carboxylic acids is 1. The van der Waals surface area contributed by atoms with Crippen molar-refractivity contribution in [3.8, 4) is 0 Å². The lowest BCUT2D eigenvalue weighted by Gasteiger charge is -2.12. The fourth-order valence-corrected chi connectivity index (χ4v) is 1.55. The summed E-state index contributed by atoms with van der Waals surface area (Å²) in [5.74, 6) is 0.0544. The van der Waals surface area contributed by atoms with Gasteiger partial charge in [0.25, 0.3) is 5.91 Å². The average Bonchev–Trinajstić information content (AvgIpc) is 2.73. The van der Waals surface area contributed by atoms with Crippen molar-refractivity contribution in [2.45, 2.75) is 19.4 Å². The van der Waals surface area contributed by atoms with E-state index >= 15 is 0 Å². The molecule has 1 N–H and O–H groups in total. The molecule has 0 bridgehead atoms. The van der Waals surface area contributed by atoms with E-state index in [4.69, 9.17) is 4.52 Å². The van der Waals surface area contributed by atoms with Gasteiger partial charge < -0.3 is 14.5 Å². The molecule has 2 rings (SSSR count). The Morgan fingerprint density at radius 1 is 1.79 bits per heavy atom. The van der Waals surface area contributed by atoms with Crippen LogP contribution in [0.15, 0.2) is 10.6 Å². The summed E-state index contributed by atoms with van der Waals surface area (Å²) in [6, 6.07) is 1.60. The second-order valence-electron chi connectivity index (χ2n) is 3.53. The predicted octanol–water partition coefficient (Wildman–Crippen LogP) is 0.190. The van der Waals surface area contributed by atoms with E-state index in [0.29, 0.717) is 25.2 Å². The van der Waals surface area contributed by atoms with E-state index in [-0.39, 0.29) is 11.7 Å². The third-order valence-corrected chi connectivity index (χ3v) is 2.29. The molecular formula is C9H12N2O3. The molecule has 0 aromatic carbocycles. The second-order valence-corrected chi connectivity index (χ2v) is 3.53. The van der Waals surface area contributed by atoms with Crippen molar-refractivity contribution in [1.29, 1.82) is 0 Å². The van der Waals surface area contributed by atoms with Crippen molar-refractivity contribution >= 4 is 5.91 Å². The van der Waals surface area contributed by atoms with Crippen LogP contribution in [0, 0.1) is 6.92 Å². The molecule has 1 saturated heterocycles. The summed E-state index contributed by atoms with van der Waals surface area (Å²) in [4.78, 5) is 13.3. The lowest BCUT2D eigenvalue weighted by atomic mass is 10.3. The molecule has 5 nitrogen and oxygen atoms in total. The molecule has 0 aliphatic carbocycles. The smallest absolute Gasteiger partial charge is 0.292 e. The molecule has 0 saturated carbocycles. The van der Waals surface area contributed by atoms with Crippen LogP contribution in [0.3, 0.4) is 0 Å². The van der Waals surface area contributed by atoms with E-state index in [1.807, 2.05) is 0 Å². The zero-order chi connectivity index (χ0) is 10.1. The average molecular weight is 196 g/mol. The van der Waals surface area contributed by atoms with Gasteiger partial charge in [-0.3, -0.25) is 4.79 Å². The highest BCUT2D eigenvalue weighted by atomic mass is 16.5. The first-order valence-corrected chi connectivity index (χ1v) is 4.57. The predicted molar refractivity (Wildman–Crippen MR) is 47.8 cm³/mol. The molecule has 76 valence electrons. The van der Waals surface area contributed by atoms with E-state index in [9.17, 15) is 9.90 Å². The monoisotopic (exact) mass is 196 g/mol. The first-order chi connectivity index (χ1) is 6.66. The molecule has 1 aliphatic heterocycles. The molecule has 2 heterocycles. The third kappa shape index (κ3) is 1.63. The Kier molecular flexibility index (Phi) is 2.25. The number of nitrogens with zero attached hydrogens (tertiary/aromatic N) is 2. The molecule has 1 aromatic rings. The highest BCUT2D eigenvalue weighted by Gasteiger charge is 2.27. The molecular weight excluding hydrogens is 184 g/mol. The van der Waals surface area contributed by atoms with E-state index < -0.39 is 6.10 Å². The largest absolute Gasteiger partial charge is 0.391 e. The number of aryl methyl sites for hydroxylation is 1. The van der Waals surface area contributed by atoms with Gasteiger partial charge in [-0.2, -0.15) is 0 Å². The Morgan fingerprint density at radius 2 is 2.57 bits per heavy atom. The molecule has 1 aliphatic rings. The number of aliphatic hydroxyl groups is 1. The number of aromatic nitrogens is 1. The van der Waals surface area contributed by atoms with Crippen LogP contribution in [0.5, 0.6) is 0 Å². The Balaban J connectivity index is 2.09. The van der Waals surface area contributed by atoms with Crippen LogP contribution in [0.2, 0.25) is 0 Å². The molecule has 1 amide bonds. The number of aliphatic hydroxyl groups excluding tert-OH is 1. The van der Waals surface area contributed by atoms with Gasteiger partial charge >= 0.3 is 0 Å². The minimum absolute atomic E-state index is 0.192. The Hall–Kier alpha value is -1.36. The quantitative estimate of drug-likeness (QED) is 0.696. The third-order valence-electron chi connectivity index (χ3n) is 2.29. The molecule has 14 heavy (non-hydrogen) atoms. The van der Waals surface area contributed by atoms with Gasteiger partial charge in [-0.25, -0.2) is 0 Å². The number of β-amino-alcohol motifs (C(OH)–C–C–N with tert-alkyl or cyclic N) is 1. The zero-order valence-electron chi connectivity index (χ0n) is 7.93. The molecule has 0 radical (unpaired) electrons. The summed E-state index contributed by atoms with van der Waals surface area (Å²) in [5.41, 5.74) is 0.688. The van der Waals surface area contributed by atoms with E-state index in [2.05, 4.69) is 5.16 Å². The van der Waals surface area contributed by atoms with Gasteiger partial charge in [0.15, 0.2) is 0 Å². The highest BCUT2D eigenvalue weighted by molar-refractivity contribution is 5.91. The van der Waals surface area contributed by atoms with Crippen molar-refractivity contribution in [2.75, 3.05) is 13.1 Å². The molecule has 0 unspecified atom stereocenters. The first-order valence-electron chi connectivity index (χ1n) is 4.57. The Bertz CT molecular complexity index is 348. The summed E-state index contributed by atoms with van der Waals surface area (Å²) in [6.45, 7) is 2.73.